The van der Waals surface area contributed by atoms with Gasteiger partial charge in [0, 0.05) is 18.7 Å². The van der Waals surface area contributed by atoms with E-state index in [1.54, 1.807) is 0 Å². The fraction of sp³-hybridized carbons (Fsp3) is 0.438. The lowest BCUT2D eigenvalue weighted by molar-refractivity contribution is -0.127. The van der Waals surface area contributed by atoms with Crippen LogP contribution < -0.4 is 21.7 Å². The second-order valence-corrected chi connectivity index (χ2v) is 5.60. The molecule has 1 aromatic rings. The van der Waals surface area contributed by atoms with Crippen LogP contribution in [0.5, 0.6) is 0 Å². The zero-order valence-corrected chi connectivity index (χ0v) is 13.8. The van der Waals surface area contributed by atoms with E-state index in [1.807, 2.05) is 13.8 Å². The van der Waals surface area contributed by atoms with Gasteiger partial charge in [0.25, 0.3) is 5.91 Å². The zero-order valence-electron chi connectivity index (χ0n) is 13.8. The van der Waals surface area contributed by atoms with Crippen LogP contribution in [0.15, 0.2) is 24.3 Å². The molecule has 1 rings (SSSR count). The summed E-state index contributed by atoms with van der Waals surface area (Å²) in [7, 11) is 0. The van der Waals surface area contributed by atoms with E-state index < -0.39 is 11.9 Å². The molecule has 3 amide bonds. The molecule has 8 heteroatoms. The highest BCUT2D eigenvalue weighted by atomic mass is 19.1. The molecular weight excluding hydrogens is 315 g/mol. The molecule has 24 heavy (non-hydrogen) atoms. The van der Waals surface area contributed by atoms with E-state index in [0.29, 0.717) is 5.56 Å². The summed E-state index contributed by atoms with van der Waals surface area (Å²) in [4.78, 5) is 34.9. The molecule has 0 aliphatic rings. The molecule has 0 saturated heterocycles. The summed E-state index contributed by atoms with van der Waals surface area (Å²) in [5, 5.41) is 7.59. The van der Waals surface area contributed by atoms with Gasteiger partial charge in [-0.25, -0.2) is 4.39 Å². The van der Waals surface area contributed by atoms with Crippen molar-refractivity contribution in [3.8, 4) is 0 Å². The maximum Gasteiger partial charge on any atom is 0.251 e. The lowest BCUT2D eigenvalue weighted by atomic mass is 10.1. The Labute approximate surface area is 140 Å². The van der Waals surface area contributed by atoms with Gasteiger partial charge >= 0.3 is 0 Å². The highest BCUT2D eigenvalue weighted by Gasteiger charge is 2.17. The molecule has 0 aliphatic carbocycles. The van der Waals surface area contributed by atoms with Crippen molar-refractivity contribution in [2.75, 3.05) is 19.6 Å². The number of carbonyl (C=O) groups is 3. The Hall–Kier alpha value is -2.48. The normalized spacial score (nSPS) is 11.7. The summed E-state index contributed by atoms with van der Waals surface area (Å²) in [5.41, 5.74) is 5.98. The van der Waals surface area contributed by atoms with E-state index in [1.165, 1.54) is 24.3 Å². The first-order valence-electron chi connectivity index (χ1n) is 7.65. The third-order valence-electron chi connectivity index (χ3n) is 3.28. The van der Waals surface area contributed by atoms with Gasteiger partial charge in [-0.1, -0.05) is 13.8 Å². The lowest BCUT2D eigenvalue weighted by Gasteiger charge is -2.15. The third kappa shape index (κ3) is 6.74. The van der Waals surface area contributed by atoms with Crippen LogP contribution in [0, 0.1) is 11.7 Å². The molecule has 0 spiro atoms. The van der Waals surface area contributed by atoms with Crippen molar-refractivity contribution in [3.63, 3.8) is 0 Å². The predicted molar refractivity (Wildman–Crippen MR) is 87.6 cm³/mol. The molecule has 0 saturated carbocycles. The van der Waals surface area contributed by atoms with Crippen molar-refractivity contribution < 1.29 is 18.8 Å². The average molecular weight is 338 g/mol. The van der Waals surface area contributed by atoms with Gasteiger partial charge in [0.05, 0.1) is 12.6 Å². The van der Waals surface area contributed by atoms with E-state index in [4.69, 9.17) is 5.73 Å². The highest BCUT2D eigenvalue weighted by molar-refractivity contribution is 5.94. The largest absolute Gasteiger partial charge is 0.353 e. The van der Waals surface area contributed by atoms with Gasteiger partial charge in [0.15, 0.2) is 0 Å². The van der Waals surface area contributed by atoms with Gasteiger partial charge in [-0.2, -0.15) is 0 Å². The molecule has 5 N–H and O–H groups in total. The fourth-order valence-corrected chi connectivity index (χ4v) is 1.73. The maximum atomic E-state index is 12.8. The van der Waals surface area contributed by atoms with Crippen LogP contribution >= 0.6 is 0 Å². The number of amides is 3. The highest BCUT2D eigenvalue weighted by Crippen LogP contribution is 2.02. The van der Waals surface area contributed by atoms with Crippen LogP contribution in [-0.2, 0) is 9.59 Å². The Balaban J connectivity index is 2.20. The van der Waals surface area contributed by atoms with Crippen molar-refractivity contribution in [1.29, 1.82) is 0 Å². The molecule has 1 aromatic carbocycles. The van der Waals surface area contributed by atoms with Gasteiger partial charge in [-0.3, -0.25) is 14.4 Å². The van der Waals surface area contributed by atoms with E-state index >= 15 is 0 Å². The molecular formula is C16H23FN4O3. The first kappa shape index (κ1) is 19.6. The lowest BCUT2D eigenvalue weighted by Crippen LogP contribution is -2.47. The van der Waals surface area contributed by atoms with Crippen molar-refractivity contribution in [2.45, 2.75) is 19.9 Å². The Morgan fingerprint density at radius 2 is 1.62 bits per heavy atom. The Morgan fingerprint density at radius 1 is 1.04 bits per heavy atom. The van der Waals surface area contributed by atoms with E-state index in [0.717, 1.165) is 0 Å². The first-order chi connectivity index (χ1) is 11.3. The van der Waals surface area contributed by atoms with Crippen LogP contribution in [0.1, 0.15) is 24.2 Å². The Bertz CT molecular complexity index is 575. The summed E-state index contributed by atoms with van der Waals surface area (Å²) in [5.74, 6) is -1.56. The maximum absolute atomic E-state index is 12.8. The van der Waals surface area contributed by atoms with Crippen LogP contribution in [0.4, 0.5) is 4.39 Å². The number of nitrogens with two attached hydrogens (primary N) is 1. The first-order valence-corrected chi connectivity index (χ1v) is 7.65. The molecule has 0 aliphatic heterocycles. The van der Waals surface area contributed by atoms with E-state index in [9.17, 15) is 18.8 Å². The number of hydrogen-bond donors (Lipinski definition) is 4. The van der Waals surface area contributed by atoms with Gasteiger partial charge in [-0.15, -0.1) is 0 Å². The molecule has 0 radical (unpaired) electrons. The van der Waals surface area contributed by atoms with Gasteiger partial charge in [0.1, 0.15) is 5.82 Å². The van der Waals surface area contributed by atoms with Gasteiger partial charge in [-0.05, 0) is 30.2 Å². The smallest absolute Gasteiger partial charge is 0.251 e. The minimum absolute atomic E-state index is 0.0188. The van der Waals surface area contributed by atoms with Crippen molar-refractivity contribution in [1.82, 2.24) is 16.0 Å². The topological polar surface area (TPSA) is 113 Å². The van der Waals surface area contributed by atoms with Gasteiger partial charge in [0.2, 0.25) is 11.8 Å². The van der Waals surface area contributed by atoms with Crippen molar-refractivity contribution >= 4 is 17.7 Å². The quantitative estimate of drug-likeness (QED) is 0.490. The molecule has 132 valence electrons. The number of nitrogens with one attached hydrogen (secondary N) is 3. The molecule has 0 unspecified atom stereocenters. The van der Waals surface area contributed by atoms with Crippen LogP contribution in [0.3, 0.4) is 0 Å². The van der Waals surface area contributed by atoms with Crippen LogP contribution in [0.2, 0.25) is 0 Å². The summed E-state index contributed by atoms with van der Waals surface area (Å²) in [6.07, 6.45) is 0. The third-order valence-corrected chi connectivity index (χ3v) is 3.28. The summed E-state index contributed by atoms with van der Waals surface area (Å²) >= 11 is 0. The summed E-state index contributed by atoms with van der Waals surface area (Å²) in [6.45, 7) is 3.87. The second kappa shape index (κ2) is 9.61. The minimum Gasteiger partial charge on any atom is -0.353 e. The van der Waals surface area contributed by atoms with Gasteiger partial charge < -0.3 is 21.7 Å². The van der Waals surface area contributed by atoms with Crippen LogP contribution in [0.25, 0.3) is 0 Å². The predicted octanol–water partition coefficient (Wildman–Crippen LogP) is -0.229. The number of rotatable bonds is 8. The Morgan fingerprint density at radius 3 is 2.21 bits per heavy atom. The Kier molecular flexibility index (Phi) is 7.84. The molecule has 7 nitrogen and oxygen atoms in total. The minimum atomic E-state index is -0.659. The fourth-order valence-electron chi connectivity index (χ4n) is 1.73. The van der Waals surface area contributed by atoms with Crippen molar-refractivity contribution in [2.24, 2.45) is 11.7 Å². The molecule has 0 bridgehead atoms. The molecule has 0 aromatic heterocycles. The number of carbonyl (C=O) groups excluding carboxylic acids is 3. The van der Waals surface area contributed by atoms with E-state index in [-0.39, 0.29) is 43.3 Å². The van der Waals surface area contributed by atoms with E-state index in [2.05, 4.69) is 16.0 Å². The number of benzene rings is 1. The monoisotopic (exact) mass is 338 g/mol. The number of halogens is 1. The average Bonchev–Trinajstić information content (AvgIpc) is 2.56. The summed E-state index contributed by atoms with van der Waals surface area (Å²) in [6, 6.07) is 4.48. The summed E-state index contributed by atoms with van der Waals surface area (Å²) < 4.78 is 12.8. The molecule has 0 fully saturated rings. The SMILES string of the molecule is CC(C)[C@H](N)C(=O)NCC(=O)NCCNC(=O)c1ccc(F)cc1. The standard InChI is InChI=1S/C16H23FN4O3/c1-10(2)14(18)16(24)21-9-13(22)19-7-8-20-15(23)11-3-5-12(17)6-4-11/h3-6,10,14H,7-9,18H2,1-2H3,(H,19,22)(H,20,23)(H,21,24)/t14-/m0/s1. The second-order valence-electron chi connectivity index (χ2n) is 5.60. The van der Waals surface area contributed by atoms with Crippen LogP contribution in [-0.4, -0.2) is 43.4 Å². The molecule has 0 heterocycles. The zero-order chi connectivity index (χ0) is 18.1. The molecule has 1 atom stereocenters. The number of hydrogen-bond acceptors (Lipinski definition) is 4. The van der Waals surface area contributed by atoms with Crippen molar-refractivity contribution in [3.05, 3.63) is 35.6 Å².